The van der Waals surface area contributed by atoms with Gasteiger partial charge < -0.3 is 5.32 Å². The number of hydrogen-bond donors (Lipinski definition) is 1. The molecule has 1 N–H and O–H groups in total. The van der Waals surface area contributed by atoms with E-state index in [2.05, 4.69) is 36.5 Å². The molecule has 0 spiro atoms. The van der Waals surface area contributed by atoms with Crippen molar-refractivity contribution < 1.29 is 0 Å². The highest BCUT2D eigenvalue weighted by Crippen LogP contribution is 2.40. The molecule has 0 aromatic heterocycles. The first-order valence-corrected chi connectivity index (χ1v) is 6.09. The fourth-order valence-electron chi connectivity index (χ4n) is 2.05. The minimum atomic E-state index is 0.454. The molecule has 0 aliphatic heterocycles. The van der Waals surface area contributed by atoms with E-state index >= 15 is 0 Å². The maximum Gasteiger partial charge on any atom is 0.0210 e. The third kappa shape index (κ3) is 2.23. The van der Waals surface area contributed by atoms with E-state index < -0.39 is 0 Å². The highest BCUT2D eigenvalue weighted by Gasteiger charge is 2.36. The second-order valence-corrected chi connectivity index (χ2v) is 5.43. The van der Waals surface area contributed by atoms with E-state index in [1.807, 2.05) is 0 Å². The Morgan fingerprint density at radius 2 is 2.13 bits per heavy atom. The lowest BCUT2D eigenvalue weighted by atomic mass is 10.1. The summed E-state index contributed by atoms with van der Waals surface area (Å²) in [5, 5.41) is 3.64. The molecule has 3 rings (SSSR count). The Balaban J connectivity index is 1.65. The highest BCUT2D eigenvalue weighted by atomic mass is 15.0. The molecule has 0 unspecified atom stereocenters. The number of benzene rings is 1. The third-order valence-electron chi connectivity index (χ3n) is 3.72. The zero-order chi connectivity index (χ0) is 10.3. The maximum absolute atomic E-state index is 3.64. The summed E-state index contributed by atoms with van der Waals surface area (Å²) < 4.78 is 0. The Labute approximate surface area is 91.9 Å². The van der Waals surface area contributed by atoms with Gasteiger partial charge in [-0.1, -0.05) is 24.3 Å². The van der Waals surface area contributed by atoms with Crippen LogP contribution >= 0.6 is 0 Å². The van der Waals surface area contributed by atoms with Crippen molar-refractivity contribution >= 4 is 0 Å². The van der Waals surface area contributed by atoms with E-state index in [0.29, 0.717) is 5.54 Å². The summed E-state index contributed by atoms with van der Waals surface area (Å²) in [5.41, 5.74) is 3.46. The largest absolute Gasteiger partial charge is 0.307 e. The molecular weight excluding hydrogens is 182 g/mol. The number of hydrogen-bond acceptors (Lipinski definition) is 1. The summed E-state index contributed by atoms with van der Waals surface area (Å²) in [5.74, 6) is 0.876. The van der Waals surface area contributed by atoms with E-state index in [4.69, 9.17) is 0 Å². The average Bonchev–Trinajstić information content (AvgIpc) is 3.11. The fraction of sp³-hybridized carbons (Fsp3) is 0.571. The first-order valence-electron chi connectivity index (χ1n) is 6.09. The summed E-state index contributed by atoms with van der Waals surface area (Å²) in [6.07, 6.45) is 5.48. The van der Waals surface area contributed by atoms with Crippen molar-refractivity contribution in [2.24, 2.45) is 0 Å². The zero-order valence-electron chi connectivity index (χ0n) is 9.42. The summed E-state index contributed by atoms with van der Waals surface area (Å²) in [4.78, 5) is 0. The molecule has 2 fully saturated rings. The zero-order valence-corrected chi connectivity index (χ0v) is 9.42. The molecule has 0 amide bonds. The molecule has 1 aromatic carbocycles. The van der Waals surface area contributed by atoms with Crippen molar-refractivity contribution in [1.29, 1.82) is 0 Å². The molecule has 0 atom stereocenters. The van der Waals surface area contributed by atoms with Crippen LogP contribution in [0.2, 0.25) is 0 Å². The first kappa shape index (κ1) is 9.41. The molecule has 1 aromatic rings. The molecule has 0 bridgehead atoms. The van der Waals surface area contributed by atoms with Gasteiger partial charge in [0.2, 0.25) is 0 Å². The van der Waals surface area contributed by atoms with Crippen LogP contribution < -0.4 is 5.32 Å². The quantitative estimate of drug-likeness (QED) is 0.788. The van der Waals surface area contributed by atoms with Gasteiger partial charge in [-0.3, -0.25) is 0 Å². The van der Waals surface area contributed by atoms with E-state index in [9.17, 15) is 0 Å². The third-order valence-corrected chi connectivity index (χ3v) is 3.72. The minimum Gasteiger partial charge on any atom is -0.307 e. The van der Waals surface area contributed by atoms with Gasteiger partial charge in [-0.05, 0) is 49.7 Å². The molecule has 80 valence electrons. The lowest BCUT2D eigenvalue weighted by molar-refractivity contribution is 0.537. The van der Waals surface area contributed by atoms with Gasteiger partial charge in [0.25, 0.3) is 0 Å². The van der Waals surface area contributed by atoms with Crippen LogP contribution in [0.3, 0.4) is 0 Å². The molecule has 0 saturated heterocycles. The Hall–Kier alpha value is -0.820. The highest BCUT2D eigenvalue weighted by molar-refractivity contribution is 5.29. The van der Waals surface area contributed by atoms with E-state index in [-0.39, 0.29) is 0 Å². The molecule has 0 radical (unpaired) electrons. The molecule has 0 heterocycles. The van der Waals surface area contributed by atoms with E-state index in [1.54, 1.807) is 5.56 Å². The Kier molecular flexibility index (Phi) is 2.10. The standard InChI is InChI=1S/C14H19N/c1-14(7-8-14)15-10-11-3-2-4-13(9-11)12-5-6-12/h2-4,9,12,15H,5-8,10H2,1H3. The Morgan fingerprint density at radius 1 is 1.33 bits per heavy atom. The number of nitrogens with one attached hydrogen (secondary N) is 1. The summed E-state index contributed by atoms with van der Waals surface area (Å²) >= 11 is 0. The molecule has 1 heteroatoms. The predicted octanol–water partition coefficient (Wildman–Crippen LogP) is 3.21. The van der Waals surface area contributed by atoms with Crippen LogP contribution in [0.25, 0.3) is 0 Å². The van der Waals surface area contributed by atoms with Gasteiger partial charge in [-0.2, -0.15) is 0 Å². The topological polar surface area (TPSA) is 12.0 Å². The van der Waals surface area contributed by atoms with Crippen molar-refractivity contribution in [3.8, 4) is 0 Å². The van der Waals surface area contributed by atoms with Crippen LogP contribution in [-0.4, -0.2) is 5.54 Å². The number of rotatable bonds is 4. The maximum atomic E-state index is 3.64. The van der Waals surface area contributed by atoms with Crippen LogP contribution in [0.4, 0.5) is 0 Å². The summed E-state index contributed by atoms with van der Waals surface area (Å²) in [7, 11) is 0. The van der Waals surface area contributed by atoms with Crippen molar-refractivity contribution in [3.05, 3.63) is 35.4 Å². The van der Waals surface area contributed by atoms with Gasteiger partial charge in [-0.15, -0.1) is 0 Å². The summed E-state index contributed by atoms with van der Waals surface area (Å²) in [6, 6.07) is 9.11. The van der Waals surface area contributed by atoms with Crippen molar-refractivity contribution in [3.63, 3.8) is 0 Å². The van der Waals surface area contributed by atoms with Gasteiger partial charge in [0, 0.05) is 12.1 Å². The molecule has 2 saturated carbocycles. The first-order chi connectivity index (χ1) is 7.25. The van der Waals surface area contributed by atoms with Gasteiger partial charge in [0.05, 0.1) is 0 Å². The second kappa shape index (κ2) is 3.34. The molecular formula is C14H19N. The monoisotopic (exact) mass is 201 g/mol. The lowest BCUT2D eigenvalue weighted by Gasteiger charge is -2.11. The predicted molar refractivity (Wildman–Crippen MR) is 62.9 cm³/mol. The fourth-order valence-corrected chi connectivity index (χ4v) is 2.05. The van der Waals surface area contributed by atoms with Crippen LogP contribution in [0.1, 0.15) is 49.7 Å². The van der Waals surface area contributed by atoms with E-state index in [1.165, 1.54) is 31.2 Å². The van der Waals surface area contributed by atoms with Crippen LogP contribution in [0.15, 0.2) is 24.3 Å². The van der Waals surface area contributed by atoms with Crippen molar-refractivity contribution in [1.82, 2.24) is 5.32 Å². The smallest absolute Gasteiger partial charge is 0.0210 e. The minimum absolute atomic E-state index is 0.454. The van der Waals surface area contributed by atoms with Crippen LogP contribution in [-0.2, 0) is 6.54 Å². The SMILES string of the molecule is CC1(NCc2cccc(C3CC3)c2)CC1. The lowest BCUT2D eigenvalue weighted by Crippen LogP contribution is -2.26. The molecule has 15 heavy (non-hydrogen) atoms. The van der Waals surface area contributed by atoms with Gasteiger partial charge in [0.15, 0.2) is 0 Å². The van der Waals surface area contributed by atoms with Gasteiger partial charge >= 0.3 is 0 Å². The van der Waals surface area contributed by atoms with Gasteiger partial charge in [-0.25, -0.2) is 0 Å². The average molecular weight is 201 g/mol. The van der Waals surface area contributed by atoms with Crippen LogP contribution in [0.5, 0.6) is 0 Å². The molecule has 1 nitrogen and oxygen atoms in total. The van der Waals surface area contributed by atoms with Crippen molar-refractivity contribution in [2.45, 2.75) is 50.6 Å². The van der Waals surface area contributed by atoms with Crippen molar-refractivity contribution in [2.75, 3.05) is 0 Å². The summed E-state index contributed by atoms with van der Waals surface area (Å²) in [6.45, 7) is 3.36. The molecule has 2 aliphatic rings. The van der Waals surface area contributed by atoms with E-state index in [0.717, 1.165) is 12.5 Å². The normalized spacial score (nSPS) is 22.7. The second-order valence-electron chi connectivity index (χ2n) is 5.43. The van der Waals surface area contributed by atoms with Gasteiger partial charge in [0.1, 0.15) is 0 Å². The Bertz CT molecular complexity index is 361. The Morgan fingerprint density at radius 3 is 2.80 bits per heavy atom. The van der Waals surface area contributed by atoms with Crippen LogP contribution in [0, 0.1) is 0 Å². The molecule has 2 aliphatic carbocycles.